The number of nitrogens with one attached hydrogen (secondary N) is 1. The van der Waals surface area contributed by atoms with Gasteiger partial charge in [-0.25, -0.2) is 9.97 Å². The molecule has 1 aliphatic rings. The summed E-state index contributed by atoms with van der Waals surface area (Å²) in [6.07, 6.45) is 1.82. The van der Waals surface area contributed by atoms with Crippen molar-refractivity contribution in [2.75, 3.05) is 25.0 Å². The zero-order valence-electron chi connectivity index (χ0n) is 13.6. The molecule has 11 heteroatoms. The molecule has 2 aromatic rings. The molecule has 1 saturated heterocycles. The molecule has 0 aliphatic carbocycles. The molecule has 1 unspecified atom stereocenters. The fraction of sp³-hybridized carbons (Fsp3) is 0.438. The third-order valence-corrected chi connectivity index (χ3v) is 5.29. The number of aromatic nitrogens is 2. The maximum absolute atomic E-state index is 11.0. The van der Waals surface area contributed by atoms with Crippen molar-refractivity contribution in [3.8, 4) is 0 Å². The number of halogens is 4. The monoisotopic (exact) mass is 568 g/mol. The van der Waals surface area contributed by atoms with Gasteiger partial charge >= 0.3 is 57.4 Å². The van der Waals surface area contributed by atoms with E-state index in [0.717, 1.165) is 28.3 Å². The van der Waals surface area contributed by atoms with Crippen molar-refractivity contribution < 1.29 is 9.90 Å². The Labute approximate surface area is 228 Å². The molecular formula is C16H17Cl3IKN4O2. The van der Waals surface area contributed by atoms with Crippen molar-refractivity contribution in [3.63, 3.8) is 0 Å². The number of piperidine rings is 1. The molecule has 0 radical (unpaired) electrons. The number of carboxylic acids is 1. The molecule has 0 saturated carbocycles. The van der Waals surface area contributed by atoms with Gasteiger partial charge in [0.25, 0.3) is 0 Å². The second-order valence-corrected chi connectivity index (χ2v) is 9.69. The van der Waals surface area contributed by atoms with Crippen LogP contribution in [0.2, 0.25) is 0 Å². The first-order chi connectivity index (χ1) is 12.2. The Balaban J connectivity index is 0.00000261. The molecule has 0 bridgehead atoms. The van der Waals surface area contributed by atoms with Crippen LogP contribution >= 0.6 is 57.4 Å². The summed E-state index contributed by atoms with van der Waals surface area (Å²) in [6, 6.07) is 5.82. The minimum absolute atomic E-state index is 0. The second-order valence-electron chi connectivity index (χ2n) is 6.17. The van der Waals surface area contributed by atoms with E-state index in [1.54, 1.807) is 0 Å². The molecule has 0 amide bonds. The van der Waals surface area contributed by atoms with E-state index in [4.69, 9.17) is 39.9 Å². The molecule has 1 atom stereocenters. The van der Waals surface area contributed by atoms with Gasteiger partial charge in [0.15, 0.2) is 5.82 Å². The van der Waals surface area contributed by atoms with E-state index in [1.807, 2.05) is 23.1 Å². The average molecular weight is 570 g/mol. The summed E-state index contributed by atoms with van der Waals surface area (Å²) in [7, 11) is 0. The molecule has 2 N–H and O–H groups in total. The van der Waals surface area contributed by atoms with Crippen molar-refractivity contribution in [3.05, 3.63) is 27.6 Å². The van der Waals surface area contributed by atoms with E-state index < -0.39 is 9.76 Å². The van der Waals surface area contributed by atoms with Gasteiger partial charge in [0, 0.05) is 21.5 Å². The van der Waals surface area contributed by atoms with Crippen LogP contribution in [-0.4, -0.2) is 103 Å². The number of likely N-dealkylation sites (tertiary alicyclic amines) is 1. The fourth-order valence-electron chi connectivity index (χ4n) is 3.04. The molecular weight excluding hydrogens is 553 g/mol. The Morgan fingerprint density at radius 3 is 2.78 bits per heavy atom. The number of rotatable bonds is 4. The molecule has 6 nitrogen and oxygen atoms in total. The Kier molecular flexibility index (Phi) is 9.33. The third-order valence-electron chi connectivity index (χ3n) is 4.12. The molecule has 1 aromatic heterocycles. The van der Waals surface area contributed by atoms with Crippen molar-refractivity contribution in [1.29, 1.82) is 0 Å². The SMILES string of the molecule is O=C(O)CN1CCCC(Nc2nc(C(Cl)(Cl)Cl)nc3ccc(I)cc23)C1.[KH]. The van der Waals surface area contributed by atoms with Crippen LogP contribution in [0, 0.1) is 3.57 Å². The maximum atomic E-state index is 11.0. The molecule has 3 rings (SSSR count). The second kappa shape index (κ2) is 10.4. The molecule has 27 heavy (non-hydrogen) atoms. The van der Waals surface area contributed by atoms with E-state index in [2.05, 4.69) is 37.9 Å². The van der Waals surface area contributed by atoms with E-state index in [0.29, 0.717) is 17.9 Å². The minimum atomic E-state index is -1.73. The first kappa shape index (κ1) is 24.3. The molecule has 142 valence electrons. The number of fused-ring (bicyclic) bond motifs is 1. The fourth-order valence-corrected chi connectivity index (χ4v) is 3.78. The Morgan fingerprint density at radius 2 is 2.11 bits per heavy atom. The summed E-state index contributed by atoms with van der Waals surface area (Å²) < 4.78 is -0.685. The van der Waals surface area contributed by atoms with Crippen LogP contribution in [0.3, 0.4) is 0 Å². The first-order valence-corrected chi connectivity index (χ1v) is 10.2. The number of alkyl halides is 3. The summed E-state index contributed by atoms with van der Waals surface area (Å²) in [5, 5.41) is 13.3. The number of hydrogen-bond acceptors (Lipinski definition) is 5. The Bertz CT molecular complexity index is 837. The number of nitrogens with zero attached hydrogens (tertiary/aromatic N) is 3. The van der Waals surface area contributed by atoms with E-state index in [-0.39, 0.29) is 69.8 Å². The number of aliphatic carboxylic acids is 1. The van der Waals surface area contributed by atoms with Gasteiger partial charge in [0.2, 0.25) is 3.79 Å². The van der Waals surface area contributed by atoms with E-state index in [9.17, 15) is 4.79 Å². The van der Waals surface area contributed by atoms with Crippen LogP contribution in [0.15, 0.2) is 18.2 Å². The average Bonchev–Trinajstić information content (AvgIpc) is 2.54. The van der Waals surface area contributed by atoms with Crippen molar-refractivity contribution in [2.45, 2.75) is 22.7 Å². The number of benzene rings is 1. The quantitative estimate of drug-likeness (QED) is 0.334. The summed E-state index contributed by atoms with van der Waals surface area (Å²) in [4.78, 5) is 21.7. The van der Waals surface area contributed by atoms with Crippen LogP contribution < -0.4 is 5.32 Å². The molecule has 1 aromatic carbocycles. The van der Waals surface area contributed by atoms with E-state index >= 15 is 0 Å². The number of carbonyl (C=O) groups is 1. The Hall–Kier alpha value is 1.03. The van der Waals surface area contributed by atoms with Crippen LogP contribution in [0.25, 0.3) is 10.9 Å². The predicted molar refractivity (Wildman–Crippen MR) is 119 cm³/mol. The van der Waals surface area contributed by atoms with Crippen molar-refractivity contribution >= 4 is 131 Å². The van der Waals surface area contributed by atoms with Gasteiger partial charge in [-0.05, 0) is 60.2 Å². The van der Waals surface area contributed by atoms with Gasteiger partial charge in [-0.15, -0.1) is 0 Å². The number of anilines is 1. The van der Waals surface area contributed by atoms with Gasteiger partial charge in [-0.3, -0.25) is 9.69 Å². The zero-order chi connectivity index (χ0) is 18.9. The number of carboxylic acid groups (broad SMARTS) is 1. The van der Waals surface area contributed by atoms with Crippen LogP contribution in [0.4, 0.5) is 5.82 Å². The van der Waals surface area contributed by atoms with Crippen LogP contribution in [-0.2, 0) is 8.59 Å². The summed E-state index contributed by atoms with van der Waals surface area (Å²) >= 11 is 20.2. The van der Waals surface area contributed by atoms with Crippen LogP contribution in [0.1, 0.15) is 18.7 Å². The van der Waals surface area contributed by atoms with Crippen molar-refractivity contribution in [2.24, 2.45) is 0 Å². The van der Waals surface area contributed by atoms with Crippen molar-refractivity contribution in [1.82, 2.24) is 14.9 Å². The van der Waals surface area contributed by atoms with Gasteiger partial charge < -0.3 is 10.4 Å². The standard InChI is InChI=1S/C16H16Cl3IN4O2.K.H/c17-16(18,19)15-22-12-4-3-9(20)6-11(12)14(23-15)21-10-2-1-5-24(7-10)8-13(25)26;;/h3-4,6,10H,1-2,5,7-8H2,(H,25,26)(H,21,22,23);;. The topological polar surface area (TPSA) is 78.4 Å². The summed E-state index contributed by atoms with van der Waals surface area (Å²) in [5.41, 5.74) is 0.683. The molecule has 1 fully saturated rings. The predicted octanol–water partition coefficient (Wildman–Crippen LogP) is 3.37. The van der Waals surface area contributed by atoms with Gasteiger partial charge in [-0.2, -0.15) is 0 Å². The Morgan fingerprint density at radius 1 is 1.37 bits per heavy atom. The van der Waals surface area contributed by atoms with Gasteiger partial charge in [0.1, 0.15) is 5.82 Å². The molecule has 0 spiro atoms. The molecule has 1 aliphatic heterocycles. The zero-order valence-corrected chi connectivity index (χ0v) is 18.0. The van der Waals surface area contributed by atoms with Gasteiger partial charge in [0.05, 0.1) is 12.1 Å². The molecule has 2 heterocycles. The number of hydrogen-bond donors (Lipinski definition) is 2. The van der Waals surface area contributed by atoms with Crippen LogP contribution in [0.5, 0.6) is 0 Å². The van der Waals surface area contributed by atoms with E-state index in [1.165, 1.54) is 0 Å². The third kappa shape index (κ3) is 6.76. The summed E-state index contributed by atoms with van der Waals surface area (Å²) in [5.74, 6) is -0.125. The van der Waals surface area contributed by atoms with Gasteiger partial charge in [-0.1, -0.05) is 34.8 Å². The summed E-state index contributed by atoms with van der Waals surface area (Å²) in [6.45, 7) is 1.41. The first-order valence-electron chi connectivity index (χ1n) is 7.97. The normalized spacial score (nSPS) is 18.1.